The van der Waals surface area contributed by atoms with Gasteiger partial charge in [0.25, 0.3) is 0 Å². The first kappa shape index (κ1) is 16.6. The fourth-order valence-corrected chi connectivity index (χ4v) is 2.98. The molecule has 3 aromatic rings. The van der Waals surface area contributed by atoms with Crippen molar-refractivity contribution in [2.75, 3.05) is 7.11 Å². The first-order chi connectivity index (χ1) is 11.6. The number of hydrogen-bond donors (Lipinski definition) is 1. The molecular weight excluding hydrogens is 368 g/mol. The van der Waals surface area contributed by atoms with E-state index in [2.05, 4.69) is 21.2 Å². The van der Waals surface area contributed by atoms with Crippen LogP contribution in [0.1, 0.15) is 18.5 Å². The lowest BCUT2D eigenvalue weighted by Crippen LogP contribution is -2.29. The Morgan fingerprint density at radius 1 is 1.21 bits per heavy atom. The van der Waals surface area contributed by atoms with Crippen molar-refractivity contribution in [1.29, 1.82) is 0 Å². The van der Waals surface area contributed by atoms with Gasteiger partial charge in [0.05, 0.1) is 13.2 Å². The molecule has 5 heteroatoms. The van der Waals surface area contributed by atoms with Crippen molar-refractivity contribution < 1.29 is 9.53 Å². The van der Waals surface area contributed by atoms with Crippen molar-refractivity contribution in [3.8, 4) is 5.75 Å². The number of methoxy groups -OCH3 is 1. The largest absolute Gasteiger partial charge is 0.497 e. The second kappa shape index (κ2) is 7.09. The molecule has 24 heavy (non-hydrogen) atoms. The molecular formula is C19H19BrN2O2. The highest BCUT2D eigenvalue weighted by Crippen LogP contribution is 2.22. The molecule has 0 bridgehead atoms. The predicted molar refractivity (Wildman–Crippen MR) is 99.2 cm³/mol. The van der Waals surface area contributed by atoms with Crippen molar-refractivity contribution >= 4 is 32.7 Å². The Morgan fingerprint density at radius 3 is 2.67 bits per heavy atom. The molecule has 124 valence electrons. The van der Waals surface area contributed by atoms with Crippen LogP contribution in [0.5, 0.6) is 5.75 Å². The number of benzene rings is 2. The quantitative estimate of drug-likeness (QED) is 0.710. The summed E-state index contributed by atoms with van der Waals surface area (Å²) in [5.41, 5.74) is 2.09. The number of carbonyl (C=O) groups is 1. The van der Waals surface area contributed by atoms with Gasteiger partial charge in [0.1, 0.15) is 12.3 Å². The number of rotatable bonds is 5. The van der Waals surface area contributed by atoms with E-state index in [4.69, 9.17) is 4.74 Å². The van der Waals surface area contributed by atoms with Gasteiger partial charge < -0.3 is 14.6 Å². The lowest BCUT2D eigenvalue weighted by atomic mass is 10.1. The maximum absolute atomic E-state index is 12.4. The fraction of sp³-hybridized carbons (Fsp3) is 0.211. The molecule has 3 rings (SSSR count). The maximum atomic E-state index is 12.4. The topological polar surface area (TPSA) is 43.3 Å². The van der Waals surface area contributed by atoms with Crippen LogP contribution in [0, 0.1) is 0 Å². The summed E-state index contributed by atoms with van der Waals surface area (Å²) >= 11 is 3.42. The van der Waals surface area contributed by atoms with Crippen LogP contribution in [0.4, 0.5) is 0 Å². The molecule has 4 nitrogen and oxygen atoms in total. The van der Waals surface area contributed by atoms with Gasteiger partial charge in [-0.3, -0.25) is 4.79 Å². The highest BCUT2D eigenvalue weighted by Gasteiger charge is 2.11. The summed E-state index contributed by atoms with van der Waals surface area (Å²) in [7, 11) is 1.65. The molecule has 0 radical (unpaired) electrons. The monoisotopic (exact) mass is 386 g/mol. The Labute approximate surface area is 149 Å². The zero-order valence-corrected chi connectivity index (χ0v) is 15.2. The number of fused-ring (bicyclic) bond motifs is 1. The second-order valence-electron chi connectivity index (χ2n) is 5.71. The second-order valence-corrected chi connectivity index (χ2v) is 6.62. The van der Waals surface area contributed by atoms with Crippen LogP contribution in [-0.2, 0) is 11.3 Å². The fourth-order valence-electron chi connectivity index (χ4n) is 2.72. The van der Waals surface area contributed by atoms with Crippen LogP contribution in [0.15, 0.2) is 59.2 Å². The van der Waals surface area contributed by atoms with Crippen LogP contribution in [0.25, 0.3) is 10.9 Å². The van der Waals surface area contributed by atoms with Gasteiger partial charge in [-0.15, -0.1) is 0 Å². The lowest BCUT2D eigenvalue weighted by Gasteiger charge is -2.15. The normalized spacial score (nSPS) is 12.1. The minimum atomic E-state index is -0.0347. The number of halogens is 1. The van der Waals surface area contributed by atoms with Gasteiger partial charge in [0.2, 0.25) is 5.91 Å². The number of amides is 1. The summed E-state index contributed by atoms with van der Waals surface area (Å²) < 4.78 is 8.20. The smallest absolute Gasteiger partial charge is 0.240 e. The van der Waals surface area contributed by atoms with E-state index in [9.17, 15) is 4.79 Å². The van der Waals surface area contributed by atoms with E-state index in [1.165, 1.54) is 0 Å². The number of hydrogen-bond acceptors (Lipinski definition) is 2. The lowest BCUT2D eigenvalue weighted by molar-refractivity contribution is -0.122. The van der Waals surface area contributed by atoms with E-state index in [1.54, 1.807) is 7.11 Å². The average Bonchev–Trinajstić information content (AvgIpc) is 2.97. The number of nitrogens with zero attached hydrogens (tertiary/aromatic N) is 1. The van der Waals surface area contributed by atoms with Crippen LogP contribution < -0.4 is 10.1 Å². The van der Waals surface area contributed by atoms with Gasteiger partial charge in [-0.2, -0.15) is 0 Å². The minimum Gasteiger partial charge on any atom is -0.497 e. The Hall–Kier alpha value is -2.27. The molecule has 0 spiro atoms. The molecule has 1 amide bonds. The third-order valence-electron chi connectivity index (χ3n) is 4.04. The van der Waals surface area contributed by atoms with Gasteiger partial charge in [0, 0.05) is 21.6 Å². The highest BCUT2D eigenvalue weighted by molar-refractivity contribution is 9.10. The first-order valence-electron chi connectivity index (χ1n) is 7.74. The zero-order chi connectivity index (χ0) is 17.1. The van der Waals surface area contributed by atoms with Crippen molar-refractivity contribution in [3.05, 3.63) is 64.8 Å². The molecule has 2 aromatic carbocycles. The molecule has 1 atom stereocenters. The third-order valence-corrected chi connectivity index (χ3v) is 4.57. The van der Waals surface area contributed by atoms with Gasteiger partial charge in [-0.1, -0.05) is 28.1 Å². The van der Waals surface area contributed by atoms with Crippen molar-refractivity contribution in [2.24, 2.45) is 0 Å². The molecule has 0 fully saturated rings. The van der Waals surface area contributed by atoms with Crippen LogP contribution in [-0.4, -0.2) is 17.6 Å². The average molecular weight is 387 g/mol. The highest BCUT2D eigenvalue weighted by atomic mass is 79.9. The number of nitrogens with one attached hydrogen (secondary N) is 1. The Morgan fingerprint density at radius 2 is 1.96 bits per heavy atom. The SMILES string of the molecule is COc1ccc2c(ccn2CC(=O)NC(C)c2ccc(Br)cc2)c1. The predicted octanol–water partition coefficient (Wildman–Crippen LogP) is 4.29. The summed E-state index contributed by atoms with van der Waals surface area (Å²) in [4.78, 5) is 12.4. The molecule has 1 N–H and O–H groups in total. The first-order valence-corrected chi connectivity index (χ1v) is 8.54. The summed E-state index contributed by atoms with van der Waals surface area (Å²) in [6.07, 6.45) is 1.92. The van der Waals surface area contributed by atoms with Crippen molar-refractivity contribution in [1.82, 2.24) is 9.88 Å². The Bertz CT molecular complexity index is 855. The van der Waals surface area contributed by atoms with E-state index in [0.717, 1.165) is 26.7 Å². The summed E-state index contributed by atoms with van der Waals surface area (Å²) in [6.45, 7) is 2.27. The third kappa shape index (κ3) is 3.62. The zero-order valence-electron chi connectivity index (χ0n) is 13.6. The molecule has 1 heterocycles. The molecule has 1 unspecified atom stereocenters. The van der Waals surface area contributed by atoms with E-state index in [1.807, 2.05) is 66.2 Å². The molecule has 0 saturated carbocycles. The molecule has 0 aliphatic rings. The molecule has 1 aromatic heterocycles. The number of carbonyl (C=O) groups excluding carboxylic acids is 1. The van der Waals surface area contributed by atoms with Crippen LogP contribution in [0.3, 0.4) is 0 Å². The van der Waals surface area contributed by atoms with Crippen LogP contribution >= 0.6 is 15.9 Å². The minimum absolute atomic E-state index is 0.0151. The standard InChI is InChI=1S/C19H19BrN2O2/c1-13(14-3-5-16(20)6-4-14)21-19(23)12-22-10-9-15-11-17(24-2)7-8-18(15)22/h3-11,13H,12H2,1-2H3,(H,21,23). The summed E-state index contributed by atoms with van der Waals surface area (Å²) in [5, 5.41) is 4.10. The van der Waals surface area contributed by atoms with E-state index in [-0.39, 0.29) is 18.5 Å². The maximum Gasteiger partial charge on any atom is 0.240 e. The van der Waals surface area contributed by atoms with E-state index < -0.39 is 0 Å². The molecule has 0 aliphatic heterocycles. The Balaban J connectivity index is 1.69. The number of ether oxygens (including phenoxy) is 1. The molecule has 0 aliphatic carbocycles. The Kier molecular flexibility index (Phi) is 4.90. The summed E-state index contributed by atoms with van der Waals surface area (Å²) in [6, 6.07) is 15.8. The van der Waals surface area contributed by atoms with Gasteiger partial charge in [-0.25, -0.2) is 0 Å². The van der Waals surface area contributed by atoms with E-state index in [0.29, 0.717) is 0 Å². The van der Waals surface area contributed by atoms with Gasteiger partial charge in [-0.05, 0) is 48.9 Å². The van der Waals surface area contributed by atoms with E-state index >= 15 is 0 Å². The molecule has 0 saturated heterocycles. The number of aromatic nitrogens is 1. The van der Waals surface area contributed by atoms with Crippen LogP contribution in [0.2, 0.25) is 0 Å². The summed E-state index contributed by atoms with van der Waals surface area (Å²) in [5.74, 6) is 0.798. The van der Waals surface area contributed by atoms with Gasteiger partial charge in [0.15, 0.2) is 0 Å². The van der Waals surface area contributed by atoms with Crippen molar-refractivity contribution in [3.63, 3.8) is 0 Å². The van der Waals surface area contributed by atoms with Crippen molar-refractivity contribution in [2.45, 2.75) is 19.5 Å². The van der Waals surface area contributed by atoms with Gasteiger partial charge >= 0.3 is 0 Å².